The normalized spacial score (nSPS) is 10.1. The van der Waals surface area contributed by atoms with E-state index in [1.165, 1.54) is 23.1 Å². The van der Waals surface area contributed by atoms with Gasteiger partial charge in [-0.3, -0.25) is 4.79 Å². The van der Waals surface area contributed by atoms with E-state index in [1.807, 2.05) is 0 Å². The van der Waals surface area contributed by atoms with Gasteiger partial charge in [0.1, 0.15) is 5.75 Å². The molecule has 0 saturated heterocycles. The highest BCUT2D eigenvalue weighted by Gasteiger charge is 2.09. The third-order valence-electron chi connectivity index (χ3n) is 3.21. The Bertz CT molecular complexity index is 664. The number of benzene rings is 2. The lowest BCUT2D eigenvalue weighted by Gasteiger charge is -2.18. The predicted octanol–water partition coefficient (Wildman–Crippen LogP) is 2.56. The molecular weight excluding hydrogens is 270 g/mol. The largest absolute Gasteiger partial charge is 0.508 e. The van der Waals surface area contributed by atoms with Crippen LogP contribution in [0.4, 0.5) is 5.69 Å². The maximum atomic E-state index is 11.2. The number of rotatable bonds is 5. The second kappa shape index (κ2) is 6.09. The van der Waals surface area contributed by atoms with Gasteiger partial charge in [0, 0.05) is 11.8 Å². The standard InChI is InChI=1S/C16H15NO4/c1-11-2-7-14(8-15(11)19)17(10-18)9-12-3-5-13(6-4-12)16(20)21/h2-8,10,19H,9H2,1H3,(H,20,21). The molecular formula is C16H15NO4. The number of carbonyl (C=O) groups is 2. The first-order chi connectivity index (χ1) is 10.0. The van der Waals surface area contributed by atoms with Crippen LogP contribution in [0.25, 0.3) is 0 Å². The molecule has 0 heterocycles. The Labute approximate surface area is 122 Å². The van der Waals surface area contributed by atoms with Crippen LogP contribution in [0, 0.1) is 6.92 Å². The quantitative estimate of drug-likeness (QED) is 0.828. The van der Waals surface area contributed by atoms with Crippen molar-refractivity contribution >= 4 is 18.1 Å². The van der Waals surface area contributed by atoms with E-state index in [1.54, 1.807) is 31.2 Å². The first-order valence-corrected chi connectivity index (χ1v) is 6.35. The van der Waals surface area contributed by atoms with Crippen molar-refractivity contribution in [1.82, 2.24) is 0 Å². The number of aromatic hydroxyl groups is 1. The number of carbonyl (C=O) groups excluding carboxylic acids is 1. The SMILES string of the molecule is Cc1ccc(N(C=O)Cc2ccc(C(=O)O)cc2)cc1O. The second-order valence-corrected chi connectivity index (χ2v) is 4.71. The number of aromatic carboxylic acids is 1. The van der Waals surface area contributed by atoms with Crippen LogP contribution < -0.4 is 4.90 Å². The minimum absolute atomic E-state index is 0.126. The monoisotopic (exact) mass is 285 g/mol. The zero-order valence-corrected chi connectivity index (χ0v) is 11.5. The van der Waals surface area contributed by atoms with E-state index in [0.29, 0.717) is 18.6 Å². The van der Waals surface area contributed by atoms with Crippen molar-refractivity contribution in [3.63, 3.8) is 0 Å². The van der Waals surface area contributed by atoms with E-state index in [2.05, 4.69) is 0 Å². The van der Waals surface area contributed by atoms with Crippen molar-refractivity contribution in [2.75, 3.05) is 4.90 Å². The average Bonchev–Trinajstić information content (AvgIpc) is 2.48. The molecule has 0 radical (unpaired) electrons. The lowest BCUT2D eigenvalue weighted by atomic mass is 10.1. The van der Waals surface area contributed by atoms with Gasteiger partial charge >= 0.3 is 5.97 Å². The van der Waals surface area contributed by atoms with Gasteiger partial charge in [0.15, 0.2) is 0 Å². The number of carboxylic acid groups (broad SMARTS) is 1. The summed E-state index contributed by atoms with van der Waals surface area (Å²) in [5.74, 6) is -0.863. The lowest BCUT2D eigenvalue weighted by Crippen LogP contribution is -2.20. The molecule has 0 saturated carbocycles. The van der Waals surface area contributed by atoms with Gasteiger partial charge in [0.2, 0.25) is 6.41 Å². The molecule has 0 atom stereocenters. The summed E-state index contributed by atoms with van der Waals surface area (Å²) in [4.78, 5) is 23.5. The number of phenols is 1. The first kappa shape index (κ1) is 14.6. The fourth-order valence-electron chi connectivity index (χ4n) is 1.92. The van der Waals surface area contributed by atoms with Crippen LogP contribution in [0.2, 0.25) is 0 Å². The van der Waals surface area contributed by atoms with Crippen molar-refractivity contribution in [3.05, 3.63) is 59.2 Å². The number of hydrogen-bond acceptors (Lipinski definition) is 3. The molecule has 0 aromatic heterocycles. The van der Waals surface area contributed by atoms with E-state index in [0.717, 1.165) is 11.1 Å². The number of nitrogens with zero attached hydrogens (tertiary/aromatic N) is 1. The molecule has 0 aliphatic carbocycles. The molecule has 0 unspecified atom stereocenters. The Morgan fingerprint density at radius 2 is 1.86 bits per heavy atom. The Morgan fingerprint density at radius 1 is 1.19 bits per heavy atom. The van der Waals surface area contributed by atoms with E-state index in [-0.39, 0.29) is 11.3 Å². The van der Waals surface area contributed by atoms with E-state index in [9.17, 15) is 14.7 Å². The van der Waals surface area contributed by atoms with Crippen LogP contribution in [-0.4, -0.2) is 22.6 Å². The fraction of sp³-hybridized carbons (Fsp3) is 0.125. The Balaban J connectivity index is 2.20. The Morgan fingerprint density at radius 3 is 2.38 bits per heavy atom. The summed E-state index contributed by atoms with van der Waals surface area (Å²) in [6, 6.07) is 11.3. The van der Waals surface area contributed by atoms with Crippen molar-refractivity contribution in [3.8, 4) is 5.75 Å². The van der Waals surface area contributed by atoms with Crippen LogP contribution in [0.5, 0.6) is 5.75 Å². The van der Waals surface area contributed by atoms with Crippen LogP contribution >= 0.6 is 0 Å². The van der Waals surface area contributed by atoms with Gasteiger partial charge in [-0.1, -0.05) is 18.2 Å². The van der Waals surface area contributed by atoms with Gasteiger partial charge in [-0.15, -0.1) is 0 Å². The van der Waals surface area contributed by atoms with Gasteiger partial charge in [-0.25, -0.2) is 4.79 Å². The Hall–Kier alpha value is -2.82. The maximum Gasteiger partial charge on any atom is 0.335 e. The average molecular weight is 285 g/mol. The highest BCUT2D eigenvalue weighted by atomic mass is 16.4. The second-order valence-electron chi connectivity index (χ2n) is 4.71. The lowest BCUT2D eigenvalue weighted by molar-refractivity contribution is -0.107. The van der Waals surface area contributed by atoms with Gasteiger partial charge in [0.25, 0.3) is 0 Å². The van der Waals surface area contributed by atoms with Gasteiger partial charge in [-0.05, 0) is 36.2 Å². The number of phenolic OH excluding ortho intramolecular Hbond substituents is 1. The molecule has 0 aliphatic heterocycles. The predicted molar refractivity (Wildman–Crippen MR) is 78.5 cm³/mol. The van der Waals surface area contributed by atoms with Crippen LogP contribution in [0.1, 0.15) is 21.5 Å². The molecule has 0 aliphatic rings. The maximum absolute atomic E-state index is 11.2. The summed E-state index contributed by atoms with van der Waals surface area (Å²) in [7, 11) is 0. The van der Waals surface area contributed by atoms with Crippen molar-refractivity contribution in [2.45, 2.75) is 13.5 Å². The third kappa shape index (κ3) is 3.39. The topological polar surface area (TPSA) is 77.8 Å². The van der Waals surface area contributed by atoms with Crippen molar-refractivity contribution in [1.29, 1.82) is 0 Å². The number of hydrogen-bond donors (Lipinski definition) is 2. The molecule has 2 aromatic rings. The molecule has 1 amide bonds. The summed E-state index contributed by atoms with van der Waals surface area (Å²) in [6.45, 7) is 2.07. The highest BCUT2D eigenvalue weighted by Crippen LogP contribution is 2.24. The van der Waals surface area contributed by atoms with Crippen molar-refractivity contribution in [2.24, 2.45) is 0 Å². The number of aryl methyl sites for hydroxylation is 1. The number of carboxylic acids is 1. The third-order valence-corrected chi connectivity index (χ3v) is 3.21. The molecule has 2 N–H and O–H groups in total. The molecule has 2 rings (SSSR count). The Kier molecular flexibility index (Phi) is 4.23. The summed E-state index contributed by atoms with van der Waals surface area (Å²) >= 11 is 0. The van der Waals surface area contributed by atoms with Gasteiger partial charge < -0.3 is 15.1 Å². The smallest absolute Gasteiger partial charge is 0.335 e. The minimum Gasteiger partial charge on any atom is -0.508 e. The number of amides is 1. The molecule has 0 fully saturated rings. The molecule has 0 spiro atoms. The summed E-state index contributed by atoms with van der Waals surface area (Å²) in [5.41, 5.74) is 2.31. The molecule has 21 heavy (non-hydrogen) atoms. The molecule has 5 nitrogen and oxygen atoms in total. The minimum atomic E-state index is -0.989. The zero-order chi connectivity index (χ0) is 15.4. The molecule has 5 heteroatoms. The van der Waals surface area contributed by atoms with Crippen molar-refractivity contribution < 1.29 is 19.8 Å². The molecule has 108 valence electrons. The van der Waals surface area contributed by atoms with Crippen LogP contribution in [0.15, 0.2) is 42.5 Å². The number of anilines is 1. The van der Waals surface area contributed by atoms with Gasteiger partial charge in [0.05, 0.1) is 12.1 Å². The summed E-state index contributed by atoms with van der Waals surface area (Å²) < 4.78 is 0. The van der Waals surface area contributed by atoms with E-state index in [4.69, 9.17) is 5.11 Å². The highest BCUT2D eigenvalue weighted by molar-refractivity contribution is 5.87. The molecule has 2 aromatic carbocycles. The summed E-state index contributed by atoms with van der Waals surface area (Å²) in [6.07, 6.45) is 0.676. The van der Waals surface area contributed by atoms with Crippen LogP contribution in [0.3, 0.4) is 0 Å². The first-order valence-electron chi connectivity index (χ1n) is 6.35. The molecule has 0 bridgehead atoms. The van der Waals surface area contributed by atoms with E-state index < -0.39 is 5.97 Å². The van der Waals surface area contributed by atoms with E-state index >= 15 is 0 Å². The fourth-order valence-corrected chi connectivity index (χ4v) is 1.92. The summed E-state index contributed by atoms with van der Waals surface area (Å²) in [5, 5.41) is 18.5. The van der Waals surface area contributed by atoms with Gasteiger partial charge in [-0.2, -0.15) is 0 Å². The zero-order valence-electron chi connectivity index (χ0n) is 11.5. The van der Waals surface area contributed by atoms with Crippen LogP contribution in [-0.2, 0) is 11.3 Å².